The van der Waals surface area contributed by atoms with Crippen molar-refractivity contribution in [3.8, 4) is 5.75 Å². The molecule has 0 spiro atoms. The van der Waals surface area contributed by atoms with Crippen molar-refractivity contribution in [2.75, 3.05) is 13.4 Å². The number of rotatable bonds is 13. The molecule has 2 bridgehead atoms. The number of ether oxygens (including phenoxy) is 6. The number of Topliss-reactive ketones (excluding diaryl/α,β-unsaturated/α-hetero) is 1. The van der Waals surface area contributed by atoms with E-state index in [2.05, 4.69) is 5.32 Å². The van der Waals surface area contributed by atoms with Gasteiger partial charge in [-0.05, 0) is 67.0 Å². The molecule has 4 aromatic rings. The number of ketones is 1. The summed E-state index contributed by atoms with van der Waals surface area (Å²) in [6, 6.07) is 31.9. The Morgan fingerprint density at radius 1 is 0.836 bits per heavy atom. The SMILES string of the molecule is CC(=O)O[C@@]12CO[C@@H]1C[C@H](O)[C@@]1(C)C(=O)[C@H](OCOc3ccccc3)C3=C(C)[C@@H](OC(=O)[C@H](O)[C@@H](NC(=O)c4ccccc4)c4ccccc4)C[C@@](O)([C@@H](OC(=O)c4ccccc4)[C@H]21)C3(C)C. The summed E-state index contributed by atoms with van der Waals surface area (Å²) in [5, 5.41) is 40.9. The molecule has 1 aliphatic heterocycles. The van der Waals surface area contributed by atoms with Crippen molar-refractivity contribution in [2.45, 2.75) is 101 Å². The molecular formula is C52H55NO14. The molecule has 352 valence electrons. The Kier molecular flexibility index (Phi) is 13.0. The zero-order valence-corrected chi connectivity index (χ0v) is 37.8. The van der Waals surface area contributed by atoms with E-state index in [-0.39, 0.29) is 35.3 Å². The number of aliphatic hydroxyl groups is 3. The standard InChI is InChI=1S/C52H55NO14/c1-30-36(65-48(60)41(56)40(32-18-10-6-11-19-32)53-46(58)33-20-12-7-13-21-33)27-52(61)45(66-47(59)34-22-14-8-15-23-34)43-50(5,37(55)26-38-51(43,28-62-38)67-31(2)54)44(57)42(39(30)49(52,3)4)64-29-63-35-24-16-9-17-25-35/h6-25,36-38,40-43,45,55-56,61H,26-29H2,1-5H3,(H,53,58)/t36-,37-,38+,40-,41+,42+,43-,45-,50+,51-,52+/m0/s1. The first kappa shape index (κ1) is 47.3. The largest absolute Gasteiger partial charge is 0.468 e. The van der Waals surface area contributed by atoms with Gasteiger partial charge in [-0.15, -0.1) is 0 Å². The van der Waals surface area contributed by atoms with Gasteiger partial charge in [0.15, 0.2) is 24.3 Å². The van der Waals surface area contributed by atoms with E-state index in [0.717, 1.165) is 0 Å². The number of aliphatic hydroxyl groups excluding tert-OH is 2. The Bertz CT molecular complexity index is 2520. The molecule has 0 radical (unpaired) electrons. The molecule has 3 fully saturated rings. The molecule has 1 amide bonds. The summed E-state index contributed by atoms with van der Waals surface area (Å²) in [4.78, 5) is 71.5. The molecule has 11 atom stereocenters. The summed E-state index contributed by atoms with van der Waals surface area (Å²) in [6.45, 7) is 6.78. The predicted octanol–water partition coefficient (Wildman–Crippen LogP) is 5.23. The van der Waals surface area contributed by atoms with Gasteiger partial charge in [-0.3, -0.25) is 14.4 Å². The lowest BCUT2D eigenvalue weighted by Gasteiger charge is -2.67. The number of hydrogen-bond acceptors (Lipinski definition) is 14. The lowest BCUT2D eigenvalue weighted by Crippen LogP contribution is -2.82. The second-order valence-corrected chi connectivity index (χ2v) is 18.5. The maximum absolute atomic E-state index is 15.9. The molecule has 0 unspecified atom stereocenters. The number of fused-ring (bicyclic) bond motifs is 5. The van der Waals surface area contributed by atoms with Crippen molar-refractivity contribution in [2.24, 2.45) is 16.7 Å². The second-order valence-electron chi connectivity index (χ2n) is 18.5. The van der Waals surface area contributed by atoms with E-state index < -0.39 is 113 Å². The zero-order chi connectivity index (χ0) is 47.9. The molecule has 1 heterocycles. The highest BCUT2D eigenvalue weighted by Gasteiger charge is 2.78. The van der Waals surface area contributed by atoms with Crippen LogP contribution < -0.4 is 10.1 Å². The van der Waals surface area contributed by atoms with E-state index in [1.807, 2.05) is 0 Å². The Morgan fingerprint density at radius 2 is 1.42 bits per heavy atom. The number of carbonyl (C=O) groups excluding carboxylic acids is 5. The van der Waals surface area contributed by atoms with Gasteiger partial charge in [0, 0.05) is 30.7 Å². The highest BCUT2D eigenvalue weighted by Crippen LogP contribution is 2.64. The maximum atomic E-state index is 15.9. The quantitative estimate of drug-likeness (QED) is 0.0586. The Balaban J connectivity index is 1.27. The van der Waals surface area contributed by atoms with Gasteiger partial charge in [0.2, 0.25) is 0 Å². The van der Waals surface area contributed by atoms with Crippen LogP contribution in [0, 0.1) is 16.7 Å². The minimum absolute atomic E-state index is 0.0935. The van der Waals surface area contributed by atoms with E-state index in [1.54, 1.807) is 130 Å². The van der Waals surface area contributed by atoms with Crippen LogP contribution in [0.2, 0.25) is 0 Å². The number of benzene rings is 4. The third-order valence-electron chi connectivity index (χ3n) is 14.4. The minimum Gasteiger partial charge on any atom is -0.468 e. The normalized spacial score (nSPS) is 30.4. The fraction of sp³-hybridized carbons (Fsp3) is 0.404. The van der Waals surface area contributed by atoms with Gasteiger partial charge in [-0.25, -0.2) is 9.59 Å². The Morgan fingerprint density at radius 3 is 2.00 bits per heavy atom. The second kappa shape index (κ2) is 18.5. The highest BCUT2D eigenvalue weighted by molar-refractivity contribution is 5.95. The van der Waals surface area contributed by atoms with Crippen molar-refractivity contribution in [1.82, 2.24) is 5.32 Å². The molecule has 4 aliphatic rings. The van der Waals surface area contributed by atoms with Gasteiger partial charge in [0.1, 0.15) is 35.8 Å². The lowest BCUT2D eigenvalue weighted by molar-refractivity contribution is -0.346. The van der Waals surface area contributed by atoms with Crippen molar-refractivity contribution in [3.05, 3.63) is 149 Å². The minimum atomic E-state index is -2.35. The van der Waals surface area contributed by atoms with E-state index in [4.69, 9.17) is 28.4 Å². The molecule has 1 saturated heterocycles. The molecule has 4 aromatic carbocycles. The first-order valence-electron chi connectivity index (χ1n) is 22.3. The third kappa shape index (κ3) is 8.33. The van der Waals surface area contributed by atoms with Crippen molar-refractivity contribution < 1.29 is 67.7 Å². The van der Waals surface area contributed by atoms with E-state index in [9.17, 15) is 34.5 Å². The van der Waals surface area contributed by atoms with Gasteiger partial charge in [-0.2, -0.15) is 0 Å². The molecular weight excluding hydrogens is 863 g/mol. The summed E-state index contributed by atoms with van der Waals surface area (Å²) < 4.78 is 37.2. The van der Waals surface area contributed by atoms with Crippen LogP contribution in [-0.2, 0) is 38.1 Å². The van der Waals surface area contributed by atoms with Crippen molar-refractivity contribution in [3.63, 3.8) is 0 Å². The first-order valence-corrected chi connectivity index (χ1v) is 22.3. The van der Waals surface area contributed by atoms with Crippen LogP contribution in [0.15, 0.2) is 132 Å². The molecule has 15 heteroatoms. The average molecular weight is 918 g/mol. The lowest BCUT2D eigenvalue weighted by atomic mass is 9.44. The average Bonchev–Trinajstić information content (AvgIpc) is 3.32. The summed E-state index contributed by atoms with van der Waals surface area (Å²) in [5.74, 6) is -5.23. The van der Waals surface area contributed by atoms with Crippen molar-refractivity contribution in [1.29, 1.82) is 0 Å². The van der Waals surface area contributed by atoms with Crippen LogP contribution in [0.25, 0.3) is 0 Å². The van der Waals surface area contributed by atoms with E-state index >= 15 is 4.79 Å². The topological polar surface area (TPSA) is 213 Å². The molecule has 67 heavy (non-hydrogen) atoms. The fourth-order valence-corrected chi connectivity index (χ4v) is 10.7. The molecule has 15 nitrogen and oxygen atoms in total. The number of para-hydroxylation sites is 1. The smallest absolute Gasteiger partial charge is 0.338 e. The molecule has 0 aromatic heterocycles. The maximum Gasteiger partial charge on any atom is 0.338 e. The van der Waals surface area contributed by atoms with Crippen LogP contribution in [0.5, 0.6) is 5.75 Å². The number of hydrogen-bond donors (Lipinski definition) is 4. The molecule has 4 N–H and O–H groups in total. The predicted molar refractivity (Wildman–Crippen MR) is 239 cm³/mol. The van der Waals surface area contributed by atoms with Crippen LogP contribution in [0.3, 0.4) is 0 Å². The number of nitrogens with one attached hydrogen (secondary N) is 1. The molecule has 3 aliphatic carbocycles. The highest BCUT2D eigenvalue weighted by atomic mass is 16.7. The number of carbonyl (C=O) groups is 5. The summed E-state index contributed by atoms with van der Waals surface area (Å²) in [5.41, 5.74) is -6.52. The van der Waals surface area contributed by atoms with Gasteiger partial charge < -0.3 is 49.1 Å². The Hall–Kier alpha value is -6.23. The van der Waals surface area contributed by atoms with Gasteiger partial charge >= 0.3 is 17.9 Å². The monoisotopic (exact) mass is 917 g/mol. The van der Waals surface area contributed by atoms with Crippen LogP contribution in [0.4, 0.5) is 0 Å². The molecule has 2 saturated carbocycles. The van der Waals surface area contributed by atoms with Gasteiger partial charge in [-0.1, -0.05) is 98.8 Å². The third-order valence-corrected chi connectivity index (χ3v) is 14.4. The Labute approximate surface area is 388 Å². The van der Waals surface area contributed by atoms with Crippen molar-refractivity contribution >= 4 is 29.6 Å². The van der Waals surface area contributed by atoms with Gasteiger partial charge in [0.25, 0.3) is 5.91 Å². The van der Waals surface area contributed by atoms with Gasteiger partial charge in [0.05, 0.1) is 35.6 Å². The zero-order valence-electron chi connectivity index (χ0n) is 37.8. The van der Waals surface area contributed by atoms with Crippen LogP contribution in [0.1, 0.15) is 79.8 Å². The van der Waals surface area contributed by atoms with E-state index in [1.165, 1.54) is 26.0 Å². The number of amides is 1. The fourth-order valence-electron chi connectivity index (χ4n) is 10.7. The summed E-state index contributed by atoms with van der Waals surface area (Å²) >= 11 is 0. The number of esters is 3. The van der Waals surface area contributed by atoms with E-state index in [0.29, 0.717) is 11.3 Å². The molecule has 8 rings (SSSR count). The summed E-state index contributed by atoms with van der Waals surface area (Å²) in [7, 11) is 0. The first-order chi connectivity index (χ1) is 31.9. The van der Waals surface area contributed by atoms with Crippen LogP contribution >= 0.6 is 0 Å². The van der Waals surface area contributed by atoms with Crippen LogP contribution in [-0.4, -0.2) is 106 Å². The summed E-state index contributed by atoms with van der Waals surface area (Å²) in [6.07, 6.45) is -10.1.